The molecule has 1 aliphatic rings. The van der Waals surface area contributed by atoms with Gasteiger partial charge in [0.1, 0.15) is 11.6 Å². The van der Waals surface area contributed by atoms with Crippen LogP contribution in [-0.2, 0) is 9.84 Å². The number of sulfone groups is 1. The SMILES string of the molecule is O=C(Nc1ccccc1F)c1ccc(NC2CCS(=O)(=O)C2)nn1. The van der Waals surface area contributed by atoms with Gasteiger partial charge in [0, 0.05) is 6.04 Å². The Hall–Kier alpha value is -2.55. The number of nitrogens with one attached hydrogen (secondary N) is 2. The van der Waals surface area contributed by atoms with Gasteiger partial charge in [-0.15, -0.1) is 10.2 Å². The summed E-state index contributed by atoms with van der Waals surface area (Å²) in [6, 6.07) is 8.58. The minimum Gasteiger partial charge on any atom is -0.365 e. The zero-order chi connectivity index (χ0) is 17.2. The van der Waals surface area contributed by atoms with Crippen molar-refractivity contribution in [2.24, 2.45) is 0 Å². The monoisotopic (exact) mass is 350 g/mol. The molecule has 2 N–H and O–H groups in total. The molecule has 0 spiro atoms. The van der Waals surface area contributed by atoms with Crippen LogP contribution in [0.3, 0.4) is 0 Å². The van der Waals surface area contributed by atoms with E-state index in [0.717, 1.165) is 0 Å². The number of para-hydroxylation sites is 1. The number of hydrogen-bond donors (Lipinski definition) is 2. The van der Waals surface area contributed by atoms with Crippen molar-refractivity contribution >= 4 is 27.2 Å². The minimum atomic E-state index is -2.99. The molecule has 126 valence electrons. The Morgan fingerprint density at radius 2 is 1.96 bits per heavy atom. The van der Waals surface area contributed by atoms with E-state index in [1.807, 2.05) is 0 Å². The van der Waals surface area contributed by atoms with E-state index < -0.39 is 21.6 Å². The summed E-state index contributed by atoms with van der Waals surface area (Å²) in [4.78, 5) is 12.0. The summed E-state index contributed by atoms with van der Waals surface area (Å²) >= 11 is 0. The van der Waals surface area contributed by atoms with Crippen molar-refractivity contribution in [3.8, 4) is 0 Å². The number of carbonyl (C=O) groups is 1. The molecule has 0 bridgehead atoms. The summed E-state index contributed by atoms with van der Waals surface area (Å²) in [5.74, 6) is -0.521. The number of rotatable bonds is 4. The standard InChI is InChI=1S/C15H15FN4O3S/c16-11-3-1-2-4-12(11)18-15(21)13-5-6-14(20-19-13)17-10-7-8-24(22,23)9-10/h1-6,10H,7-9H2,(H,17,20)(H,18,21). The zero-order valence-electron chi connectivity index (χ0n) is 12.6. The molecule has 0 radical (unpaired) electrons. The summed E-state index contributed by atoms with van der Waals surface area (Å²) in [5.41, 5.74) is 0.0884. The lowest BCUT2D eigenvalue weighted by molar-refractivity contribution is 0.102. The summed E-state index contributed by atoms with van der Waals surface area (Å²) in [7, 11) is -2.99. The number of anilines is 2. The van der Waals surface area contributed by atoms with Gasteiger partial charge >= 0.3 is 0 Å². The fourth-order valence-electron chi connectivity index (χ4n) is 2.40. The molecule has 9 heteroatoms. The molecule has 2 aromatic rings. The molecule has 3 rings (SSSR count). The number of amides is 1. The number of aromatic nitrogens is 2. The molecule has 1 saturated heterocycles. The number of nitrogens with zero attached hydrogens (tertiary/aromatic N) is 2. The van der Waals surface area contributed by atoms with E-state index in [2.05, 4.69) is 20.8 Å². The Labute approximate surface area is 138 Å². The molecular weight excluding hydrogens is 335 g/mol. The molecule has 1 aliphatic heterocycles. The lowest BCUT2D eigenvalue weighted by Gasteiger charge is -2.11. The molecule has 1 fully saturated rings. The fraction of sp³-hybridized carbons (Fsp3) is 0.267. The molecule has 1 aromatic carbocycles. The highest BCUT2D eigenvalue weighted by Gasteiger charge is 2.28. The maximum atomic E-state index is 13.5. The highest BCUT2D eigenvalue weighted by Crippen LogP contribution is 2.16. The van der Waals surface area contributed by atoms with Gasteiger partial charge in [0.15, 0.2) is 15.5 Å². The number of hydrogen-bond acceptors (Lipinski definition) is 6. The molecular formula is C15H15FN4O3S. The summed E-state index contributed by atoms with van der Waals surface area (Å²) in [6.45, 7) is 0. The highest BCUT2D eigenvalue weighted by molar-refractivity contribution is 7.91. The average molecular weight is 350 g/mol. The molecule has 7 nitrogen and oxygen atoms in total. The van der Waals surface area contributed by atoms with Crippen molar-refractivity contribution in [2.75, 3.05) is 22.1 Å². The second kappa shape index (κ2) is 6.52. The van der Waals surface area contributed by atoms with Crippen LogP contribution in [0, 0.1) is 5.82 Å². The van der Waals surface area contributed by atoms with Gasteiger partial charge in [0.25, 0.3) is 5.91 Å². The molecule has 0 saturated carbocycles. The second-order valence-electron chi connectivity index (χ2n) is 5.48. The predicted molar refractivity (Wildman–Crippen MR) is 87.1 cm³/mol. The smallest absolute Gasteiger partial charge is 0.276 e. The van der Waals surface area contributed by atoms with Crippen LogP contribution in [0.15, 0.2) is 36.4 Å². The van der Waals surface area contributed by atoms with Crippen LogP contribution >= 0.6 is 0 Å². The maximum absolute atomic E-state index is 13.5. The Morgan fingerprint density at radius 1 is 1.17 bits per heavy atom. The molecule has 1 aromatic heterocycles. The van der Waals surface area contributed by atoms with Crippen molar-refractivity contribution in [1.29, 1.82) is 0 Å². The largest absolute Gasteiger partial charge is 0.365 e. The first-order chi connectivity index (χ1) is 11.4. The maximum Gasteiger partial charge on any atom is 0.276 e. The Kier molecular flexibility index (Phi) is 4.43. The Balaban J connectivity index is 1.64. The molecule has 1 amide bonds. The van der Waals surface area contributed by atoms with Gasteiger partial charge in [-0.05, 0) is 30.7 Å². The van der Waals surface area contributed by atoms with Crippen LogP contribution < -0.4 is 10.6 Å². The first-order valence-electron chi connectivity index (χ1n) is 7.29. The molecule has 2 heterocycles. The van der Waals surface area contributed by atoms with Gasteiger partial charge in [-0.2, -0.15) is 0 Å². The van der Waals surface area contributed by atoms with Crippen LogP contribution in [0.1, 0.15) is 16.9 Å². The Morgan fingerprint density at radius 3 is 2.58 bits per heavy atom. The number of carbonyl (C=O) groups excluding carboxylic acids is 1. The van der Waals surface area contributed by atoms with Crippen LogP contribution in [0.4, 0.5) is 15.9 Å². The average Bonchev–Trinajstić information content (AvgIpc) is 2.89. The van der Waals surface area contributed by atoms with Crippen LogP contribution in [0.5, 0.6) is 0 Å². The van der Waals surface area contributed by atoms with E-state index in [1.54, 1.807) is 6.07 Å². The summed E-state index contributed by atoms with van der Waals surface area (Å²) in [5, 5.41) is 13.0. The van der Waals surface area contributed by atoms with Crippen LogP contribution in [-0.4, -0.2) is 42.1 Å². The van der Waals surface area contributed by atoms with Crippen molar-refractivity contribution in [3.63, 3.8) is 0 Å². The van der Waals surface area contributed by atoms with Crippen molar-refractivity contribution in [2.45, 2.75) is 12.5 Å². The van der Waals surface area contributed by atoms with Crippen LogP contribution in [0.25, 0.3) is 0 Å². The normalized spacial score (nSPS) is 19.0. The molecule has 1 atom stereocenters. The van der Waals surface area contributed by atoms with E-state index in [1.165, 1.54) is 30.3 Å². The third-order valence-electron chi connectivity index (χ3n) is 3.60. The van der Waals surface area contributed by atoms with Gasteiger partial charge in [-0.25, -0.2) is 12.8 Å². The topological polar surface area (TPSA) is 101 Å². The van der Waals surface area contributed by atoms with E-state index in [9.17, 15) is 17.6 Å². The van der Waals surface area contributed by atoms with Gasteiger partial charge in [-0.3, -0.25) is 4.79 Å². The third-order valence-corrected chi connectivity index (χ3v) is 5.37. The van der Waals surface area contributed by atoms with Crippen molar-refractivity contribution < 1.29 is 17.6 Å². The van der Waals surface area contributed by atoms with E-state index in [0.29, 0.717) is 12.2 Å². The first kappa shape index (κ1) is 16.3. The number of halogens is 1. The lowest BCUT2D eigenvalue weighted by Crippen LogP contribution is -2.22. The number of benzene rings is 1. The van der Waals surface area contributed by atoms with Gasteiger partial charge < -0.3 is 10.6 Å². The molecule has 0 aliphatic carbocycles. The van der Waals surface area contributed by atoms with Crippen molar-refractivity contribution in [3.05, 3.63) is 47.9 Å². The zero-order valence-corrected chi connectivity index (χ0v) is 13.4. The van der Waals surface area contributed by atoms with Crippen LogP contribution in [0.2, 0.25) is 0 Å². The van der Waals surface area contributed by atoms with Gasteiger partial charge in [0.05, 0.1) is 17.2 Å². The quantitative estimate of drug-likeness (QED) is 0.866. The predicted octanol–water partition coefficient (Wildman–Crippen LogP) is 1.47. The first-order valence-corrected chi connectivity index (χ1v) is 9.12. The Bertz CT molecular complexity index is 855. The van der Waals surface area contributed by atoms with Gasteiger partial charge in [-0.1, -0.05) is 12.1 Å². The van der Waals surface area contributed by atoms with Crippen molar-refractivity contribution in [1.82, 2.24) is 10.2 Å². The fourth-order valence-corrected chi connectivity index (χ4v) is 4.07. The summed E-state index contributed by atoms with van der Waals surface area (Å²) in [6.07, 6.45) is 0.513. The molecule has 24 heavy (non-hydrogen) atoms. The minimum absolute atomic E-state index is 0.0304. The lowest BCUT2D eigenvalue weighted by atomic mass is 10.2. The third kappa shape index (κ3) is 3.85. The molecule has 1 unspecified atom stereocenters. The summed E-state index contributed by atoms with van der Waals surface area (Å²) < 4.78 is 36.3. The van der Waals surface area contributed by atoms with E-state index in [-0.39, 0.29) is 28.9 Å². The van der Waals surface area contributed by atoms with Gasteiger partial charge in [0.2, 0.25) is 0 Å². The van der Waals surface area contributed by atoms with E-state index >= 15 is 0 Å². The second-order valence-corrected chi connectivity index (χ2v) is 7.71. The van der Waals surface area contributed by atoms with E-state index in [4.69, 9.17) is 0 Å². The highest BCUT2D eigenvalue weighted by atomic mass is 32.2.